The molecule has 0 unspecified atom stereocenters. The molecule has 0 aliphatic rings. The number of aromatic nitrogens is 7. The first-order chi connectivity index (χ1) is 9.19. The van der Waals surface area contributed by atoms with Crippen molar-refractivity contribution in [3.8, 4) is 11.4 Å². The Kier molecular flexibility index (Phi) is 2.66. The second-order valence-corrected chi connectivity index (χ2v) is 4.22. The van der Waals surface area contributed by atoms with Crippen LogP contribution in [0.1, 0.15) is 24.3 Å². The van der Waals surface area contributed by atoms with Gasteiger partial charge >= 0.3 is 0 Å². The Labute approximate surface area is 109 Å². The van der Waals surface area contributed by atoms with Crippen molar-refractivity contribution in [1.29, 1.82) is 0 Å². The highest BCUT2D eigenvalue weighted by Crippen LogP contribution is 2.17. The Morgan fingerprint density at radius 2 is 2.00 bits per heavy atom. The smallest absolute Gasteiger partial charge is 0.242 e. The maximum atomic E-state index is 4.40. The minimum absolute atomic E-state index is 0.517. The van der Waals surface area contributed by atoms with Crippen LogP contribution in [0.2, 0.25) is 0 Å². The van der Waals surface area contributed by atoms with Crippen LogP contribution in [0, 0.1) is 13.8 Å². The Bertz CT molecular complexity index is 747. The molecule has 19 heavy (non-hydrogen) atoms. The molecule has 0 aliphatic heterocycles. The molecule has 3 aromatic heterocycles. The largest absolute Gasteiger partial charge is 0.272 e. The molecule has 0 atom stereocenters. The molecule has 7 nitrogen and oxygen atoms in total. The van der Waals surface area contributed by atoms with Crippen molar-refractivity contribution in [2.24, 2.45) is 0 Å². The molecule has 96 valence electrons. The van der Waals surface area contributed by atoms with Crippen LogP contribution in [0.3, 0.4) is 0 Å². The number of nitrogens with zero attached hydrogens (tertiary/aromatic N) is 7. The molecule has 0 N–H and O–H groups in total. The highest BCUT2D eigenvalue weighted by Gasteiger charge is 2.13. The number of fused-ring (bicyclic) bond motifs is 1. The first-order valence-corrected chi connectivity index (χ1v) is 6.08. The van der Waals surface area contributed by atoms with Gasteiger partial charge in [-0.1, -0.05) is 6.92 Å². The van der Waals surface area contributed by atoms with E-state index in [0.717, 1.165) is 23.6 Å². The van der Waals surface area contributed by atoms with Gasteiger partial charge in [-0.25, -0.2) is 9.97 Å². The van der Waals surface area contributed by atoms with E-state index in [1.165, 1.54) is 0 Å². The number of hydrogen-bond donors (Lipinski definition) is 0. The van der Waals surface area contributed by atoms with Crippen molar-refractivity contribution in [3.05, 3.63) is 29.6 Å². The second-order valence-electron chi connectivity index (χ2n) is 4.22. The van der Waals surface area contributed by atoms with E-state index in [1.807, 2.05) is 26.8 Å². The zero-order valence-corrected chi connectivity index (χ0v) is 11.0. The zero-order chi connectivity index (χ0) is 13.4. The third-order valence-electron chi connectivity index (χ3n) is 2.87. The number of aryl methyl sites for hydroxylation is 3. The first kappa shape index (κ1) is 11.6. The van der Waals surface area contributed by atoms with Gasteiger partial charge in [-0.05, 0) is 19.9 Å². The lowest BCUT2D eigenvalue weighted by Crippen LogP contribution is -2.04. The van der Waals surface area contributed by atoms with E-state index in [0.29, 0.717) is 17.3 Å². The van der Waals surface area contributed by atoms with E-state index in [2.05, 4.69) is 30.2 Å². The molecule has 0 saturated carbocycles. The van der Waals surface area contributed by atoms with Crippen LogP contribution in [0.25, 0.3) is 17.2 Å². The van der Waals surface area contributed by atoms with E-state index in [1.54, 1.807) is 10.7 Å². The summed E-state index contributed by atoms with van der Waals surface area (Å²) in [4.78, 5) is 12.7. The van der Waals surface area contributed by atoms with Gasteiger partial charge in [0.05, 0.1) is 11.4 Å². The highest BCUT2D eigenvalue weighted by atomic mass is 15.4. The third-order valence-corrected chi connectivity index (χ3v) is 2.87. The number of rotatable bonds is 2. The van der Waals surface area contributed by atoms with Crippen molar-refractivity contribution >= 4 is 5.78 Å². The van der Waals surface area contributed by atoms with Gasteiger partial charge in [0, 0.05) is 12.6 Å². The summed E-state index contributed by atoms with van der Waals surface area (Å²) in [5, 5.41) is 12.7. The Morgan fingerprint density at radius 3 is 2.74 bits per heavy atom. The Balaban J connectivity index is 2.22. The van der Waals surface area contributed by atoms with E-state index in [4.69, 9.17) is 0 Å². The monoisotopic (exact) mass is 255 g/mol. The minimum atomic E-state index is 0.517. The molecule has 0 saturated heterocycles. The molecule has 3 heterocycles. The lowest BCUT2D eigenvalue weighted by Gasteiger charge is -2.04. The van der Waals surface area contributed by atoms with Crippen LogP contribution in [0.4, 0.5) is 0 Å². The minimum Gasteiger partial charge on any atom is -0.242 e. The topological polar surface area (TPSA) is 81.8 Å². The SMILES string of the molecule is CCc1nc2nnc(-c3ccnc(C)n3)c(C)n2n1. The molecular weight excluding hydrogens is 242 g/mol. The average Bonchev–Trinajstić information content (AvgIpc) is 2.83. The van der Waals surface area contributed by atoms with Crippen LogP contribution in [-0.2, 0) is 6.42 Å². The fourth-order valence-electron chi connectivity index (χ4n) is 1.88. The van der Waals surface area contributed by atoms with Crippen LogP contribution in [-0.4, -0.2) is 34.8 Å². The summed E-state index contributed by atoms with van der Waals surface area (Å²) >= 11 is 0. The van der Waals surface area contributed by atoms with Crippen molar-refractivity contribution in [3.63, 3.8) is 0 Å². The maximum absolute atomic E-state index is 4.40. The summed E-state index contributed by atoms with van der Waals surface area (Å²) in [5.74, 6) is 1.98. The van der Waals surface area contributed by atoms with Crippen LogP contribution in [0.5, 0.6) is 0 Å². The molecule has 0 aliphatic carbocycles. The maximum Gasteiger partial charge on any atom is 0.272 e. The average molecular weight is 255 g/mol. The van der Waals surface area contributed by atoms with Gasteiger partial charge in [-0.3, -0.25) is 0 Å². The summed E-state index contributed by atoms with van der Waals surface area (Å²) in [6, 6.07) is 1.81. The van der Waals surface area contributed by atoms with Gasteiger partial charge in [0.2, 0.25) is 0 Å². The van der Waals surface area contributed by atoms with Gasteiger partial charge in [-0.15, -0.1) is 15.3 Å². The van der Waals surface area contributed by atoms with Crippen molar-refractivity contribution in [1.82, 2.24) is 34.8 Å². The fourth-order valence-corrected chi connectivity index (χ4v) is 1.88. The summed E-state index contributed by atoms with van der Waals surface area (Å²) in [6.07, 6.45) is 2.48. The lowest BCUT2D eigenvalue weighted by molar-refractivity contribution is 0.827. The molecule has 0 fully saturated rings. The van der Waals surface area contributed by atoms with Crippen LogP contribution >= 0.6 is 0 Å². The van der Waals surface area contributed by atoms with Gasteiger partial charge in [-0.2, -0.15) is 9.50 Å². The van der Waals surface area contributed by atoms with Crippen molar-refractivity contribution < 1.29 is 0 Å². The van der Waals surface area contributed by atoms with Gasteiger partial charge in [0.15, 0.2) is 5.82 Å². The first-order valence-electron chi connectivity index (χ1n) is 6.08. The predicted octanol–water partition coefficient (Wildman–Crippen LogP) is 1.16. The quantitative estimate of drug-likeness (QED) is 0.683. The van der Waals surface area contributed by atoms with Crippen molar-refractivity contribution in [2.75, 3.05) is 0 Å². The highest BCUT2D eigenvalue weighted by molar-refractivity contribution is 5.56. The van der Waals surface area contributed by atoms with Gasteiger partial charge in [0.1, 0.15) is 11.5 Å². The van der Waals surface area contributed by atoms with E-state index in [-0.39, 0.29) is 0 Å². The molecule has 3 rings (SSSR count). The van der Waals surface area contributed by atoms with Gasteiger partial charge < -0.3 is 0 Å². The van der Waals surface area contributed by atoms with E-state index < -0.39 is 0 Å². The standard InChI is InChI=1S/C12H13N7/c1-4-10-15-12-17-16-11(7(2)19(12)18-10)9-5-6-13-8(3)14-9/h5-6H,4H2,1-3H3. The molecule has 0 bridgehead atoms. The summed E-state index contributed by atoms with van der Waals surface area (Å²) in [7, 11) is 0. The molecule has 0 spiro atoms. The third kappa shape index (κ3) is 1.92. The van der Waals surface area contributed by atoms with Gasteiger partial charge in [0.25, 0.3) is 5.78 Å². The van der Waals surface area contributed by atoms with E-state index >= 15 is 0 Å². The number of hydrogen-bond acceptors (Lipinski definition) is 6. The molecular formula is C12H13N7. The summed E-state index contributed by atoms with van der Waals surface area (Å²) < 4.78 is 1.71. The van der Waals surface area contributed by atoms with Crippen LogP contribution in [0.15, 0.2) is 12.3 Å². The summed E-state index contributed by atoms with van der Waals surface area (Å²) in [5.41, 5.74) is 2.31. The van der Waals surface area contributed by atoms with Crippen molar-refractivity contribution in [2.45, 2.75) is 27.2 Å². The molecule has 7 heteroatoms. The summed E-state index contributed by atoms with van der Waals surface area (Å²) in [6.45, 7) is 5.78. The predicted molar refractivity (Wildman–Crippen MR) is 68.5 cm³/mol. The second kappa shape index (κ2) is 4.34. The lowest BCUT2D eigenvalue weighted by atomic mass is 10.2. The fraction of sp³-hybridized carbons (Fsp3) is 0.333. The van der Waals surface area contributed by atoms with Crippen LogP contribution < -0.4 is 0 Å². The zero-order valence-electron chi connectivity index (χ0n) is 11.0. The Morgan fingerprint density at radius 1 is 1.16 bits per heavy atom. The Hall–Kier alpha value is -2.44. The molecule has 3 aromatic rings. The van der Waals surface area contributed by atoms with E-state index in [9.17, 15) is 0 Å². The molecule has 0 amide bonds. The molecule has 0 radical (unpaired) electrons. The normalized spacial score (nSPS) is 11.1. The molecule has 0 aromatic carbocycles.